The largest absolute Gasteiger partial charge is 0.491 e. The van der Waals surface area contributed by atoms with E-state index in [0.717, 1.165) is 0 Å². The van der Waals surface area contributed by atoms with Gasteiger partial charge in [0.25, 0.3) is 0 Å². The minimum atomic E-state index is -4.16. The monoisotopic (exact) mass is 264 g/mol. The Balaban J connectivity index is 2.49. The second-order valence-electron chi connectivity index (χ2n) is 3.28. The van der Waals surface area contributed by atoms with E-state index in [0.29, 0.717) is 5.75 Å². The molecule has 17 heavy (non-hydrogen) atoms. The van der Waals surface area contributed by atoms with Crippen molar-refractivity contribution in [3.05, 3.63) is 24.0 Å². The molecule has 0 spiro atoms. The topological polar surface area (TPSA) is 48.1 Å². The van der Waals surface area contributed by atoms with E-state index in [4.69, 9.17) is 22.7 Å². The van der Waals surface area contributed by atoms with E-state index >= 15 is 0 Å². The zero-order valence-electron chi connectivity index (χ0n) is 8.83. The highest BCUT2D eigenvalue weighted by Gasteiger charge is 2.26. The van der Waals surface area contributed by atoms with E-state index in [9.17, 15) is 13.2 Å². The molecule has 0 aliphatic heterocycles. The van der Waals surface area contributed by atoms with Crippen molar-refractivity contribution in [2.24, 2.45) is 5.73 Å². The number of alkyl halides is 3. The molecule has 0 saturated heterocycles. The van der Waals surface area contributed by atoms with Gasteiger partial charge in [-0.2, -0.15) is 13.2 Å². The van der Waals surface area contributed by atoms with E-state index in [1.54, 1.807) is 12.1 Å². The van der Waals surface area contributed by atoms with Crippen molar-refractivity contribution >= 4 is 17.2 Å². The van der Waals surface area contributed by atoms with E-state index < -0.39 is 12.6 Å². The highest BCUT2D eigenvalue weighted by atomic mass is 32.1. The molecule has 1 rings (SSSR count). The standard InChI is InChI=1S/C10H11F3N2OS/c11-10(12,13)4-2-6-16-7-3-1-5-15-8(7)9(14)17/h1,3,5H,2,4,6H2,(H2,14,17). The summed E-state index contributed by atoms with van der Waals surface area (Å²) in [5, 5.41) is 0. The fourth-order valence-electron chi connectivity index (χ4n) is 1.15. The number of aromatic nitrogens is 1. The van der Waals surface area contributed by atoms with Crippen LogP contribution >= 0.6 is 12.2 Å². The maximum Gasteiger partial charge on any atom is 0.389 e. The van der Waals surface area contributed by atoms with Crippen LogP contribution in [0.1, 0.15) is 18.5 Å². The maximum absolute atomic E-state index is 11.9. The molecule has 0 aliphatic carbocycles. The number of rotatable bonds is 5. The van der Waals surface area contributed by atoms with Gasteiger partial charge >= 0.3 is 6.18 Å². The lowest BCUT2D eigenvalue weighted by atomic mass is 10.3. The summed E-state index contributed by atoms with van der Waals surface area (Å²) < 4.78 is 40.8. The average Bonchev–Trinajstić information content (AvgIpc) is 2.23. The van der Waals surface area contributed by atoms with Crippen molar-refractivity contribution in [1.82, 2.24) is 4.98 Å². The van der Waals surface area contributed by atoms with Crippen LogP contribution in [0.2, 0.25) is 0 Å². The van der Waals surface area contributed by atoms with Gasteiger partial charge in [-0.15, -0.1) is 0 Å². The number of nitrogens with two attached hydrogens (primary N) is 1. The number of nitrogens with zero attached hydrogens (tertiary/aromatic N) is 1. The van der Waals surface area contributed by atoms with Gasteiger partial charge in [-0.1, -0.05) is 12.2 Å². The van der Waals surface area contributed by atoms with Crippen LogP contribution in [-0.4, -0.2) is 22.8 Å². The Morgan fingerprint density at radius 1 is 1.47 bits per heavy atom. The van der Waals surface area contributed by atoms with Crippen LogP contribution in [0.25, 0.3) is 0 Å². The molecule has 0 radical (unpaired) electrons. The van der Waals surface area contributed by atoms with Crippen molar-refractivity contribution in [2.45, 2.75) is 19.0 Å². The van der Waals surface area contributed by atoms with Crippen LogP contribution in [-0.2, 0) is 0 Å². The van der Waals surface area contributed by atoms with Crippen LogP contribution in [0.5, 0.6) is 5.75 Å². The molecule has 94 valence electrons. The second-order valence-corrected chi connectivity index (χ2v) is 3.72. The molecular formula is C10H11F3N2OS. The Morgan fingerprint density at radius 3 is 2.76 bits per heavy atom. The molecule has 2 N–H and O–H groups in total. The molecule has 0 fully saturated rings. The summed E-state index contributed by atoms with van der Waals surface area (Å²) in [5.41, 5.74) is 5.68. The zero-order valence-corrected chi connectivity index (χ0v) is 9.64. The first kappa shape index (κ1) is 13.7. The van der Waals surface area contributed by atoms with Crippen molar-refractivity contribution in [3.8, 4) is 5.75 Å². The predicted molar refractivity (Wildman–Crippen MR) is 60.9 cm³/mol. The minimum absolute atomic E-state index is 0.0522. The molecule has 0 unspecified atom stereocenters. The van der Waals surface area contributed by atoms with Crippen LogP contribution in [0.3, 0.4) is 0 Å². The Hall–Kier alpha value is -1.37. The normalized spacial score (nSPS) is 11.2. The first-order chi connectivity index (χ1) is 7.90. The summed E-state index contributed by atoms with van der Waals surface area (Å²) in [4.78, 5) is 3.94. The quantitative estimate of drug-likeness (QED) is 0.655. The van der Waals surface area contributed by atoms with Gasteiger partial charge in [0, 0.05) is 12.6 Å². The van der Waals surface area contributed by atoms with E-state index in [1.807, 2.05) is 0 Å². The second kappa shape index (κ2) is 5.81. The fourth-order valence-corrected chi connectivity index (χ4v) is 1.30. The van der Waals surface area contributed by atoms with Crippen molar-refractivity contribution in [2.75, 3.05) is 6.61 Å². The molecule has 0 atom stereocenters. The van der Waals surface area contributed by atoms with Gasteiger partial charge in [-0.25, -0.2) is 4.98 Å². The first-order valence-electron chi connectivity index (χ1n) is 4.84. The van der Waals surface area contributed by atoms with Crippen molar-refractivity contribution in [1.29, 1.82) is 0 Å². The third kappa shape index (κ3) is 4.99. The number of hydrogen-bond donors (Lipinski definition) is 1. The van der Waals surface area contributed by atoms with Gasteiger partial charge in [0.2, 0.25) is 0 Å². The SMILES string of the molecule is NC(=S)c1ncccc1OCCCC(F)(F)F. The van der Waals surface area contributed by atoms with E-state index in [2.05, 4.69) is 4.98 Å². The first-order valence-corrected chi connectivity index (χ1v) is 5.25. The van der Waals surface area contributed by atoms with Crippen LogP contribution in [0.15, 0.2) is 18.3 Å². The van der Waals surface area contributed by atoms with Crippen molar-refractivity contribution < 1.29 is 17.9 Å². The number of halogens is 3. The smallest absolute Gasteiger partial charge is 0.389 e. The van der Waals surface area contributed by atoms with Gasteiger partial charge < -0.3 is 10.5 Å². The lowest BCUT2D eigenvalue weighted by molar-refractivity contribution is -0.136. The fraction of sp³-hybridized carbons (Fsp3) is 0.400. The Kier molecular flexibility index (Phi) is 4.68. The number of ether oxygens (including phenoxy) is 1. The summed E-state index contributed by atoms with van der Waals surface area (Å²) in [5.74, 6) is 0.308. The Morgan fingerprint density at radius 2 is 2.18 bits per heavy atom. The molecule has 0 aromatic carbocycles. The molecular weight excluding hydrogens is 253 g/mol. The molecule has 0 amide bonds. The van der Waals surface area contributed by atoms with Crippen LogP contribution in [0, 0.1) is 0 Å². The molecule has 0 bridgehead atoms. The summed E-state index contributed by atoms with van der Waals surface area (Å²) in [6.45, 7) is -0.0547. The number of thiocarbonyl (C=S) groups is 1. The van der Waals surface area contributed by atoms with Gasteiger partial charge in [0.05, 0.1) is 6.61 Å². The van der Waals surface area contributed by atoms with Gasteiger partial charge in [0.1, 0.15) is 16.4 Å². The van der Waals surface area contributed by atoms with Crippen molar-refractivity contribution in [3.63, 3.8) is 0 Å². The third-order valence-corrected chi connectivity index (χ3v) is 2.06. The third-order valence-electron chi connectivity index (χ3n) is 1.87. The van der Waals surface area contributed by atoms with Gasteiger partial charge in [-0.05, 0) is 18.6 Å². The summed E-state index contributed by atoms with van der Waals surface area (Å²) >= 11 is 4.74. The minimum Gasteiger partial charge on any atom is -0.491 e. The highest BCUT2D eigenvalue weighted by molar-refractivity contribution is 7.80. The zero-order chi connectivity index (χ0) is 12.9. The molecule has 1 heterocycles. The Labute approximate surface area is 102 Å². The molecule has 1 aromatic heterocycles. The summed E-state index contributed by atoms with van der Waals surface area (Å²) in [6, 6.07) is 3.16. The molecule has 0 aliphatic rings. The van der Waals surface area contributed by atoms with Gasteiger partial charge in [-0.3, -0.25) is 0 Å². The molecule has 0 saturated carbocycles. The Bertz CT molecular complexity index is 395. The maximum atomic E-state index is 11.9. The number of pyridine rings is 1. The lowest BCUT2D eigenvalue weighted by Gasteiger charge is -2.10. The average molecular weight is 264 g/mol. The predicted octanol–water partition coefficient (Wildman–Crippen LogP) is 2.44. The highest BCUT2D eigenvalue weighted by Crippen LogP contribution is 2.22. The van der Waals surface area contributed by atoms with E-state index in [-0.39, 0.29) is 23.7 Å². The van der Waals surface area contributed by atoms with Crippen LogP contribution in [0.4, 0.5) is 13.2 Å². The molecule has 7 heteroatoms. The summed E-state index contributed by atoms with van der Waals surface area (Å²) in [7, 11) is 0. The summed E-state index contributed by atoms with van der Waals surface area (Å²) in [6.07, 6.45) is -3.67. The molecule has 3 nitrogen and oxygen atoms in total. The lowest BCUT2D eigenvalue weighted by Crippen LogP contribution is -2.15. The number of hydrogen-bond acceptors (Lipinski definition) is 3. The van der Waals surface area contributed by atoms with Crippen LogP contribution < -0.4 is 10.5 Å². The van der Waals surface area contributed by atoms with E-state index in [1.165, 1.54) is 6.20 Å². The molecule has 1 aromatic rings. The van der Waals surface area contributed by atoms with Gasteiger partial charge in [0.15, 0.2) is 0 Å².